The monoisotopic (exact) mass is 351 g/mol. The Kier molecular flexibility index (Phi) is 5.67. The molecule has 0 N–H and O–H groups in total. The van der Waals surface area contributed by atoms with Crippen LogP contribution in [0.25, 0.3) is 0 Å². The number of alkyl halides is 3. The molecule has 0 spiro atoms. The van der Waals surface area contributed by atoms with E-state index in [1.54, 1.807) is 11.8 Å². The van der Waals surface area contributed by atoms with Gasteiger partial charge >= 0.3 is 12.1 Å². The van der Waals surface area contributed by atoms with Crippen LogP contribution >= 0.6 is 11.6 Å². The molecular formula is C14H17ClF3N3O2. The number of carbonyl (C=O) groups is 1. The summed E-state index contributed by atoms with van der Waals surface area (Å²) in [4.78, 5) is 13.2. The molecule has 0 aliphatic carbocycles. The molecule has 0 radical (unpaired) electrons. The second-order valence-electron chi connectivity index (χ2n) is 5.24. The first kappa shape index (κ1) is 17.8. The standard InChI is InChI=1S/C14H17ClF3N3O2/c1-2-23-12(22)6-5-9-4-3-7-21(9)11-8-10(14(16,17)18)13(15)20-19-11/h8-9H,2-7H2,1H3/t9-/m1/s1. The highest BCUT2D eigenvalue weighted by molar-refractivity contribution is 6.30. The summed E-state index contributed by atoms with van der Waals surface area (Å²) in [7, 11) is 0. The van der Waals surface area contributed by atoms with Crippen molar-refractivity contribution >= 4 is 23.4 Å². The topological polar surface area (TPSA) is 55.3 Å². The highest BCUT2D eigenvalue weighted by Gasteiger charge is 2.36. The van der Waals surface area contributed by atoms with Gasteiger partial charge in [0.2, 0.25) is 0 Å². The van der Waals surface area contributed by atoms with Crippen molar-refractivity contribution in [3.63, 3.8) is 0 Å². The van der Waals surface area contributed by atoms with Crippen LogP contribution in [0.1, 0.15) is 38.2 Å². The Morgan fingerprint density at radius 3 is 2.87 bits per heavy atom. The van der Waals surface area contributed by atoms with E-state index < -0.39 is 16.9 Å². The van der Waals surface area contributed by atoms with Crippen molar-refractivity contribution in [2.75, 3.05) is 18.1 Å². The van der Waals surface area contributed by atoms with Crippen molar-refractivity contribution in [3.8, 4) is 0 Å². The molecule has 2 heterocycles. The van der Waals surface area contributed by atoms with E-state index in [9.17, 15) is 18.0 Å². The number of carbonyl (C=O) groups excluding carboxylic acids is 1. The smallest absolute Gasteiger partial charge is 0.419 e. The molecule has 5 nitrogen and oxygen atoms in total. The molecule has 128 valence electrons. The van der Waals surface area contributed by atoms with Gasteiger partial charge in [-0.2, -0.15) is 13.2 Å². The first-order valence-corrected chi connectivity index (χ1v) is 7.73. The van der Waals surface area contributed by atoms with Crippen LogP contribution < -0.4 is 4.90 Å². The highest BCUT2D eigenvalue weighted by Crippen LogP contribution is 2.36. The lowest BCUT2D eigenvalue weighted by Gasteiger charge is -2.25. The summed E-state index contributed by atoms with van der Waals surface area (Å²) in [5.74, 6) is -0.175. The Morgan fingerprint density at radius 1 is 1.48 bits per heavy atom. The number of anilines is 1. The zero-order chi connectivity index (χ0) is 17.0. The number of rotatable bonds is 5. The third kappa shape index (κ3) is 4.46. The number of nitrogens with zero attached hydrogens (tertiary/aromatic N) is 3. The van der Waals surface area contributed by atoms with Gasteiger partial charge in [0.1, 0.15) is 0 Å². The molecule has 0 saturated carbocycles. The number of ether oxygens (including phenoxy) is 1. The van der Waals surface area contributed by atoms with Crippen LogP contribution in [0.3, 0.4) is 0 Å². The molecule has 0 amide bonds. The average Bonchev–Trinajstić information content (AvgIpc) is 2.93. The van der Waals surface area contributed by atoms with Crippen LogP contribution in [-0.2, 0) is 15.7 Å². The predicted molar refractivity (Wildman–Crippen MR) is 78.3 cm³/mol. The van der Waals surface area contributed by atoms with E-state index in [0.29, 0.717) is 19.6 Å². The number of hydrogen-bond acceptors (Lipinski definition) is 5. The van der Waals surface area contributed by atoms with Gasteiger partial charge < -0.3 is 9.64 Å². The Hall–Kier alpha value is -1.57. The van der Waals surface area contributed by atoms with E-state index in [1.165, 1.54) is 0 Å². The number of esters is 1. The molecule has 23 heavy (non-hydrogen) atoms. The third-order valence-corrected chi connectivity index (χ3v) is 3.98. The Bertz CT molecular complexity index is 569. The van der Waals surface area contributed by atoms with E-state index in [0.717, 1.165) is 18.9 Å². The van der Waals surface area contributed by atoms with Crippen molar-refractivity contribution in [2.45, 2.75) is 44.8 Å². The van der Waals surface area contributed by atoms with Crippen LogP contribution in [-0.4, -0.2) is 35.4 Å². The minimum Gasteiger partial charge on any atom is -0.466 e. The summed E-state index contributed by atoms with van der Waals surface area (Å²) in [5, 5.41) is 6.52. The zero-order valence-electron chi connectivity index (χ0n) is 12.6. The van der Waals surface area contributed by atoms with Gasteiger partial charge in [-0.25, -0.2) is 0 Å². The van der Waals surface area contributed by atoms with Gasteiger partial charge in [0.25, 0.3) is 0 Å². The van der Waals surface area contributed by atoms with Gasteiger partial charge in [-0.1, -0.05) is 11.6 Å². The van der Waals surface area contributed by atoms with E-state index in [1.807, 2.05) is 0 Å². The molecule has 1 aromatic heterocycles. The molecule has 1 aliphatic heterocycles. The van der Waals surface area contributed by atoms with Crippen molar-refractivity contribution in [1.29, 1.82) is 0 Å². The minimum absolute atomic E-state index is 0.0593. The number of hydrogen-bond donors (Lipinski definition) is 0. The fourth-order valence-electron chi connectivity index (χ4n) is 2.66. The maximum Gasteiger partial charge on any atom is 0.419 e. The Balaban J connectivity index is 2.12. The van der Waals surface area contributed by atoms with Gasteiger partial charge in [0.15, 0.2) is 11.0 Å². The van der Waals surface area contributed by atoms with Crippen molar-refractivity contribution < 1.29 is 22.7 Å². The largest absolute Gasteiger partial charge is 0.466 e. The fraction of sp³-hybridized carbons (Fsp3) is 0.643. The molecule has 9 heteroatoms. The zero-order valence-corrected chi connectivity index (χ0v) is 13.3. The lowest BCUT2D eigenvalue weighted by molar-refractivity contribution is -0.143. The molecule has 0 unspecified atom stereocenters. The van der Waals surface area contributed by atoms with Gasteiger partial charge in [-0.15, -0.1) is 10.2 Å². The van der Waals surface area contributed by atoms with Gasteiger partial charge in [0, 0.05) is 19.0 Å². The predicted octanol–water partition coefficient (Wildman–Crippen LogP) is 3.46. The molecule has 1 aromatic rings. The molecule has 1 atom stereocenters. The van der Waals surface area contributed by atoms with Crippen molar-refractivity contribution in [3.05, 3.63) is 16.8 Å². The van der Waals surface area contributed by atoms with Crippen molar-refractivity contribution in [1.82, 2.24) is 10.2 Å². The molecule has 0 aromatic carbocycles. The molecule has 0 bridgehead atoms. The van der Waals surface area contributed by atoms with Gasteiger partial charge in [-0.3, -0.25) is 4.79 Å². The second-order valence-corrected chi connectivity index (χ2v) is 5.60. The summed E-state index contributed by atoms with van der Waals surface area (Å²) in [6.45, 7) is 2.60. The maximum absolute atomic E-state index is 12.9. The molecule has 1 fully saturated rings. The van der Waals surface area contributed by atoms with E-state index in [-0.39, 0.29) is 24.2 Å². The number of halogens is 4. The average molecular weight is 352 g/mol. The first-order valence-electron chi connectivity index (χ1n) is 7.35. The molecule has 1 aliphatic rings. The van der Waals surface area contributed by atoms with E-state index in [2.05, 4.69) is 10.2 Å². The van der Waals surface area contributed by atoms with E-state index >= 15 is 0 Å². The fourth-order valence-corrected chi connectivity index (χ4v) is 2.86. The van der Waals surface area contributed by atoms with E-state index in [4.69, 9.17) is 16.3 Å². The van der Waals surface area contributed by atoms with Crippen LogP contribution in [0.4, 0.5) is 19.0 Å². The lowest BCUT2D eigenvalue weighted by Crippen LogP contribution is -2.31. The minimum atomic E-state index is -4.58. The van der Waals surface area contributed by atoms with Crippen LogP contribution in [0, 0.1) is 0 Å². The Morgan fingerprint density at radius 2 is 2.22 bits per heavy atom. The van der Waals surface area contributed by atoms with Gasteiger partial charge in [0.05, 0.1) is 12.2 Å². The normalized spacial score (nSPS) is 18.3. The van der Waals surface area contributed by atoms with Gasteiger partial charge in [-0.05, 0) is 32.3 Å². The lowest BCUT2D eigenvalue weighted by atomic mass is 10.1. The van der Waals surface area contributed by atoms with Crippen LogP contribution in [0.15, 0.2) is 6.07 Å². The summed E-state index contributed by atoms with van der Waals surface area (Å²) < 4.78 is 43.6. The highest BCUT2D eigenvalue weighted by atomic mass is 35.5. The third-order valence-electron chi connectivity index (χ3n) is 3.70. The summed E-state index contributed by atoms with van der Waals surface area (Å²) in [5.41, 5.74) is -1.000. The molecule has 1 saturated heterocycles. The number of aromatic nitrogens is 2. The SMILES string of the molecule is CCOC(=O)CC[C@H]1CCCN1c1cc(C(F)(F)F)c(Cl)nn1. The molecule has 2 rings (SSSR count). The second kappa shape index (κ2) is 7.33. The van der Waals surface area contributed by atoms with Crippen LogP contribution in [0.5, 0.6) is 0 Å². The maximum atomic E-state index is 12.9. The summed E-state index contributed by atoms with van der Waals surface area (Å²) in [6, 6.07) is 0.855. The Labute approximate surface area is 136 Å². The molecular weight excluding hydrogens is 335 g/mol. The quantitative estimate of drug-likeness (QED) is 0.760. The van der Waals surface area contributed by atoms with Crippen LogP contribution in [0.2, 0.25) is 5.15 Å². The first-order chi connectivity index (χ1) is 10.8. The van der Waals surface area contributed by atoms with Crippen molar-refractivity contribution in [2.24, 2.45) is 0 Å². The summed E-state index contributed by atoms with van der Waals surface area (Å²) >= 11 is 5.49. The summed E-state index contributed by atoms with van der Waals surface area (Å²) in [6.07, 6.45) is -2.25.